The summed E-state index contributed by atoms with van der Waals surface area (Å²) in [4.78, 5) is 4.00. The molecule has 0 atom stereocenters. The third-order valence-electron chi connectivity index (χ3n) is 1.85. The predicted molar refractivity (Wildman–Crippen MR) is 59.1 cm³/mol. The van der Waals surface area contributed by atoms with Crippen LogP contribution in [0.5, 0.6) is 0 Å². The minimum atomic E-state index is -2.41. The quantitative estimate of drug-likeness (QED) is 0.703. The summed E-state index contributed by atoms with van der Waals surface area (Å²) in [7, 11) is 1.80. The maximum Gasteiger partial charge on any atom is 0.261 e. The first kappa shape index (κ1) is 12.6. The second-order valence-corrected chi connectivity index (χ2v) is 3.11. The lowest BCUT2D eigenvalue weighted by molar-refractivity contribution is 0.0215. The van der Waals surface area contributed by atoms with E-state index in [9.17, 15) is 8.78 Å². The normalized spacial score (nSPS) is 10.5. The number of nitrogens with zero attached hydrogens (tertiary/aromatic N) is 1. The van der Waals surface area contributed by atoms with Gasteiger partial charge in [0.05, 0.1) is 30.4 Å². The van der Waals surface area contributed by atoms with E-state index in [0.29, 0.717) is 6.54 Å². The van der Waals surface area contributed by atoms with Crippen molar-refractivity contribution < 1.29 is 13.5 Å². The summed E-state index contributed by atoms with van der Waals surface area (Å²) in [6.45, 7) is 0.201. The van der Waals surface area contributed by atoms with Crippen LogP contribution in [0.4, 0.5) is 20.2 Å². The maximum absolute atomic E-state index is 11.7. The van der Waals surface area contributed by atoms with Crippen LogP contribution in [-0.4, -0.2) is 38.2 Å². The Bertz CT molecular complexity index is 310. The lowest BCUT2D eigenvalue weighted by atomic mass is 10.3. The van der Waals surface area contributed by atoms with Crippen molar-refractivity contribution in [3.05, 3.63) is 18.5 Å². The number of ether oxygens (including phenoxy) is 1. The van der Waals surface area contributed by atoms with Gasteiger partial charge < -0.3 is 15.4 Å². The zero-order chi connectivity index (χ0) is 11.8. The molecule has 0 saturated carbocycles. The van der Waals surface area contributed by atoms with E-state index in [1.165, 1.54) is 0 Å². The minimum Gasteiger partial charge on any atom is -0.387 e. The van der Waals surface area contributed by atoms with Gasteiger partial charge in [-0.1, -0.05) is 0 Å². The van der Waals surface area contributed by atoms with Gasteiger partial charge in [0.25, 0.3) is 6.43 Å². The molecule has 1 aromatic heterocycles. The molecule has 0 unspecified atom stereocenters. The van der Waals surface area contributed by atoms with Crippen molar-refractivity contribution in [2.75, 3.05) is 37.4 Å². The monoisotopic (exact) mass is 231 g/mol. The molecule has 0 aliphatic heterocycles. The molecule has 0 spiro atoms. The van der Waals surface area contributed by atoms with Crippen LogP contribution in [0.15, 0.2) is 18.5 Å². The SMILES string of the molecule is CNc1cncc(NCCOCC(F)F)c1. The molecule has 1 aromatic rings. The molecule has 90 valence electrons. The van der Waals surface area contributed by atoms with Gasteiger partial charge in [0.1, 0.15) is 6.61 Å². The fourth-order valence-corrected chi connectivity index (χ4v) is 1.11. The van der Waals surface area contributed by atoms with Crippen LogP contribution < -0.4 is 10.6 Å². The fraction of sp³-hybridized carbons (Fsp3) is 0.500. The Morgan fingerprint density at radius 3 is 2.81 bits per heavy atom. The molecule has 16 heavy (non-hydrogen) atoms. The summed E-state index contributed by atoms with van der Waals surface area (Å²) < 4.78 is 28.2. The first-order valence-corrected chi connectivity index (χ1v) is 4.95. The van der Waals surface area contributed by atoms with Crippen LogP contribution in [-0.2, 0) is 4.74 Å². The minimum absolute atomic E-state index is 0.244. The summed E-state index contributed by atoms with van der Waals surface area (Å²) in [5, 5.41) is 5.97. The summed E-state index contributed by atoms with van der Waals surface area (Å²) in [6, 6.07) is 1.88. The van der Waals surface area contributed by atoms with Crippen molar-refractivity contribution >= 4 is 11.4 Å². The summed E-state index contributed by atoms with van der Waals surface area (Å²) >= 11 is 0. The molecule has 1 rings (SSSR count). The van der Waals surface area contributed by atoms with E-state index in [1.54, 1.807) is 19.4 Å². The number of hydrogen-bond donors (Lipinski definition) is 2. The van der Waals surface area contributed by atoms with Gasteiger partial charge >= 0.3 is 0 Å². The molecule has 0 aromatic carbocycles. The number of halogens is 2. The van der Waals surface area contributed by atoms with Crippen LogP contribution in [0, 0.1) is 0 Å². The Labute approximate surface area is 93.0 Å². The van der Waals surface area contributed by atoms with Crippen molar-refractivity contribution in [2.45, 2.75) is 6.43 Å². The van der Waals surface area contributed by atoms with E-state index in [-0.39, 0.29) is 6.61 Å². The van der Waals surface area contributed by atoms with Crippen LogP contribution in [0.25, 0.3) is 0 Å². The third kappa shape index (κ3) is 4.88. The van der Waals surface area contributed by atoms with Crippen molar-refractivity contribution in [2.24, 2.45) is 0 Å². The molecule has 2 N–H and O–H groups in total. The van der Waals surface area contributed by atoms with Crippen LogP contribution in [0.3, 0.4) is 0 Å². The van der Waals surface area contributed by atoms with Gasteiger partial charge in [-0.25, -0.2) is 8.78 Å². The number of pyridine rings is 1. The van der Waals surface area contributed by atoms with E-state index in [2.05, 4.69) is 15.6 Å². The topological polar surface area (TPSA) is 46.2 Å². The first-order chi connectivity index (χ1) is 7.72. The molecule has 0 fully saturated rings. The highest BCUT2D eigenvalue weighted by Gasteiger charge is 2.01. The summed E-state index contributed by atoms with van der Waals surface area (Å²) in [6.07, 6.45) is 0.946. The van der Waals surface area contributed by atoms with E-state index in [0.717, 1.165) is 11.4 Å². The van der Waals surface area contributed by atoms with Gasteiger partial charge in [-0.15, -0.1) is 0 Å². The Morgan fingerprint density at radius 2 is 2.12 bits per heavy atom. The average molecular weight is 231 g/mol. The number of aromatic nitrogens is 1. The van der Waals surface area contributed by atoms with E-state index >= 15 is 0 Å². The molecule has 4 nitrogen and oxygen atoms in total. The molecule has 0 radical (unpaired) electrons. The molecular weight excluding hydrogens is 216 g/mol. The highest BCUT2D eigenvalue weighted by molar-refractivity contribution is 5.53. The smallest absolute Gasteiger partial charge is 0.261 e. The molecule has 0 bridgehead atoms. The lowest BCUT2D eigenvalue weighted by Gasteiger charge is -2.08. The predicted octanol–water partition coefficient (Wildman–Crippen LogP) is 1.82. The molecule has 0 aliphatic carbocycles. The molecule has 0 aliphatic rings. The average Bonchev–Trinajstić information content (AvgIpc) is 2.28. The molecule has 6 heteroatoms. The number of alkyl halides is 2. The number of anilines is 2. The van der Waals surface area contributed by atoms with Crippen molar-refractivity contribution in [3.8, 4) is 0 Å². The molecule has 0 amide bonds. The van der Waals surface area contributed by atoms with Crippen LogP contribution in [0.1, 0.15) is 0 Å². The van der Waals surface area contributed by atoms with Gasteiger partial charge in [-0.05, 0) is 6.07 Å². The first-order valence-electron chi connectivity index (χ1n) is 4.95. The summed E-state index contributed by atoms with van der Waals surface area (Å²) in [5.41, 5.74) is 1.71. The highest BCUT2D eigenvalue weighted by atomic mass is 19.3. The number of hydrogen-bond acceptors (Lipinski definition) is 4. The Balaban J connectivity index is 2.21. The number of rotatable bonds is 7. The zero-order valence-corrected chi connectivity index (χ0v) is 9.04. The van der Waals surface area contributed by atoms with Crippen molar-refractivity contribution in [1.29, 1.82) is 0 Å². The second-order valence-electron chi connectivity index (χ2n) is 3.11. The summed E-state index contributed by atoms with van der Waals surface area (Å²) in [5.74, 6) is 0. The second kappa shape index (κ2) is 6.95. The van der Waals surface area contributed by atoms with Crippen LogP contribution >= 0.6 is 0 Å². The van der Waals surface area contributed by atoms with Gasteiger partial charge in [-0.2, -0.15) is 0 Å². The van der Waals surface area contributed by atoms with Gasteiger partial charge in [0, 0.05) is 13.6 Å². The number of nitrogens with one attached hydrogen (secondary N) is 2. The fourth-order valence-electron chi connectivity index (χ4n) is 1.11. The van der Waals surface area contributed by atoms with Gasteiger partial charge in [-0.3, -0.25) is 4.98 Å². The van der Waals surface area contributed by atoms with Crippen molar-refractivity contribution in [1.82, 2.24) is 4.98 Å². The Kier molecular flexibility index (Phi) is 5.49. The lowest BCUT2D eigenvalue weighted by Crippen LogP contribution is -2.13. The van der Waals surface area contributed by atoms with E-state index in [1.807, 2.05) is 6.07 Å². The largest absolute Gasteiger partial charge is 0.387 e. The van der Waals surface area contributed by atoms with Crippen LogP contribution in [0.2, 0.25) is 0 Å². The Morgan fingerprint density at radius 1 is 1.38 bits per heavy atom. The maximum atomic E-state index is 11.7. The molecule has 1 heterocycles. The van der Waals surface area contributed by atoms with Crippen molar-refractivity contribution in [3.63, 3.8) is 0 Å². The van der Waals surface area contributed by atoms with E-state index < -0.39 is 13.0 Å². The van der Waals surface area contributed by atoms with E-state index in [4.69, 9.17) is 4.74 Å². The zero-order valence-electron chi connectivity index (χ0n) is 9.04. The third-order valence-corrected chi connectivity index (χ3v) is 1.85. The highest BCUT2D eigenvalue weighted by Crippen LogP contribution is 2.11. The Hall–Kier alpha value is -1.43. The molecular formula is C10H15F2N3O. The molecule has 0 saturated heterocycles. The van der Waals surface area contributed by atoms with Gasteiger partial charge in [0.2, 0.25) is 0 Å². The van der Waals surface area contributed by atoms with Gasteiger partial charge in [0.15, 0.2) is 0 Å². The standard InChI is InChI=1S/C10H15F2N3O/c1-13-8-4-9(6-14-5-8)15-2-3-16-7-10(11)12/h4-6,10,13,15H,2-3,7H2,1H3.